The molecule has 0 aromatic carbocycles. The van der Waals surface area contributed by atoms with E-state index in [-0.39, 0.29) is 5.97 Å². The van der Waals surface area contributed by atoms with Gasteiger partial charge in [-0.1, -0.05) is 5.11 Å². The lowest BCUT2D eigenvalue weighted by molar-refractivity contribution is -0.204. The third-order valence-electron chi connectivity index (χ3n) is 3.49. The predicted molar refractivity (Wildman–Crippen MR) is 84.1 cm³/mol. The topological polar surface area (TPSA) is 91.2 Å². The molecule has 0 atom stereocenters. The fourth-order valence-electron chi connectivity index (χ4n) is 2.13. The highest BCUT2D eigenvalue weighted by molar-refractivity contribution is 7.11. The Kier molecular flexibility index (Phi) is 5.39. The quantitative estimate of drug-likeness (QED) is 0.480. The second kappa shape index (κ2) is 7.09. The van der Waals surface area contributed by atoms with Crippen LogP contribution in [0.5, 0.6) is 0 Å². The molecule has 1 aliphatic rings. The van der Waals surface area contributed by atoms with Crippen molar-refractivity contribution in [2.45, 2.75) is 46.1 Å². The van der Waals surface area contributed by atoms with Gasteiger partial charge in [0.1, 0.15) is 0 Å². The maximum Gasteiger partial charge on any atom is 0.330 e. The molecule has 7 nitrogen and oxygen atoms in total. The Morgan fingerprint density at radius 3 is 2.82 bits per heavy atom. The zero-order chi connectivity index (χ0) is 16.2. The first kappa shape index (κ1) is 16.7. The molecule has 0 aliphatic carbocycles. The van der Waals surface area contributed by atoms with Crippen molar-refractivity contribution in [2.75, 3.05) is 13.1 Å². The number of hydrogen-bond acceptors (Lipinski definition) is 6. The number of hydrogen-bond donors (Lipinski definition) is 0. The number of aromatic nitrogens is 1. The highest BCUT2D eigenvalue weighted by Crippen LogP contribution is 2.31. The number of nitrogens with zero attached hydrogens (tertiary/aromatic N) is 5. The van der Waals surface area contributed by atoms with E-state index in [1.807, 2.05) is 20.8 Å². The van der Waals surface area contributed by atoms with Crippen molar-refractivity contribution in [1.29, 1.82) is 0 Å². The summed E-state index contributed by atoms with van der Waals surface area (Å²) in [4.78, 5) is 25.5. The number of thiazole rings is 1. The molecule has 1 aromatic rings. The number of rotatable bonds is 4. The van der Waals surface area contributed by atoms with Gasteiger partial charge in [0.15, 0.2) is 0 Å². The first-order valence-electron chi connectivity index (χ1n) is 7.33. The largest absolute Gasteiger partial charge is 0.367 e. The molecule has 0 radical (unpaired) electrons. The molecule has 0 bridgehead atoms. The van der Waals surface area contributed by atoms with Gasteiger partial charge in [-0.25, -0.2) is 9.78 Å². The van der Waals surface area contributed by atoms with Crippen molar-refractivity contribution in [3.05, 3.63) is 26.5 Å². The van der Waals surface area contributed by atoms with Gasteiger partial charge in [0, 0.05) is 35.0 Å². The minimum atomic E-state index is -0.484. The van der Waals surface area contributed by atoms with E-state index in [9.17, 15) is 4.79 Å². The van der Waals surface area contributed by atoms with Gasteiger partial charge in [0.05, 0.1) is 17.0 Å². The average Bonchev–Trinajstić information content (AvgIpc) is 2.93. The summed E-state index contributed by atoms with van der Waals surface area (Å²) in [5.74, 6) is 0.186. The highest BCUT2D eigenvalue weighted by atomic mass is 32.1. The molecule has 1 saturated heterocycles. The Hall–Kier alpha value is -1.63. The number of azide groups is 1. The molecule has 0 saturated carbocycles. The normalized spacial score (nSPS) is 17.0. The van der Waals surface area contributed by atoms with Gasteiger partial charge in [0.2, 0.25) is 0 Å². The van der Waals surface area contributed by atoms with Gasteiger partial charge in [-0.05, 0) is 39.1 Å². The predicted octanol–water partition coefficient (Wildman–Crippen LogP) is 3.64. The highest BCUT2D eigenvalue weighted by Gasteiger charge is 2.29. The maximum atomic E-state index is 11.9. The fourth-order valence-corrected chi connectivity index (χ4v) is 3.14. The monoisotopic (exact) mass is 323 g/mol. The fraction of sp³-hybridized carbons (Fsp3) is 0.714. The molecule has 8 heteroatoms. The van der Waals surface area contributed by atoms with Crippen LogP contribution < -0.4 is 0 Å². The molecule has 0 amide bonds. The van der Waals surface area contributed by atoms with Crippen LogP contribution in [0, 0.1) is 5.41 Å². The van der Waals surface area contributed by atoms with Crippen molar-refractivity contribution >= 4 is 17.3 Å². The molecule has 1 aliphatic heterocycles. The van der Waals surface area contributed by atoms with E-state index in [1.54, 1.807) is 22.6 Å². The molecular weight excluding hydrogens is 302 g/mol. The first-order chi connectivity index (χ1) is 10.4. The third-order valence-corrected chi connectivity index (χ3v) is 4.63. The summed E-state index contributed by atoms with van der Waals surface area (Å²) < 4.78 is 0. The molecular formula is C14H21N5O2S. The van der Waals surface area contributed by atoms with E-state index in [0.717, 1.165) is 35.8 Å². The Balaban J connectivity index is 1.85. The zero-order valence-corrected chi connectivity index (χ0v) is 14.0. The average molecular weight is 323 g/mol. The van der Waals surface area contributed by atoms with Crippen LogP contribution in [-0.2, 0) is 16.2 Å². The van der Waals surface area contributed by atoms with Crippen LogP contribution >= 0.6 is 11.3 Å². The van der Waals surface area contributed by atoms with Crippen LogP contribution in [0.25, 0.3) is 10.4 Å². The number of piperidine rings is 1. The summed E-state index contributed by atoms with van der Waals surface area (Å²) in [6, 6.07) is 0. The minimum Gasteiger partial charge on any atom is -0.367 e. The maximum absolute atomic E-state index is 11.9. The van der Waals surface area contributed by atoms with E-state index < -0.39 is 5.41 Å². The van der Waals surface area contributed by atoms with Crippen LogP contribution in [0.1, 0.15) is 49.4 Å². The molecule has 2 heterocycles. The second-order valence-electron chi connectivity index (χ2n) is 6.39. The lowest BCUT2D eigenvalue weighted by atomic mass is 9.97. The van der Waals surface area contributed by atoms with Crippen LogP contribution in [-0.4, -0.2) is 29.1 Å². The lowest BCUT2D eigenvalue weighted by Gasteiger charge is -2.31. The van der Waals surface area contributed by atoms with Gasteiger partial charge < -0.3 is 4.84 Å². The van der Waals surface area contributed by atoms with Gasteiger partial charge >= 0.3 is 5.97 Å². The molecule has 1 fully saturated rings. The number of carbonyl (C=O) groups is 1. The summed E-state index contributed by atoms with van der Waals surface area (Å²) in [6.07, 6.45) is 3.60. The summed E-state index contributed by atoms with van der Waals surface area (Å²) in [6.45, 7) is 7.35. The number of carbonyl (C=O) groups excluding carboxylic acids is 1. The molecule has 0 spiro atoms. The van der Waals surface area contributed by atoms with Gasteiger partial charge in [-0.3, -0.25) is 0 Å². The van der Waals surface area contributed by atoms with Crippen molar-refractivity contribution in [1.82, 2.24) is 10.0 Å². The van der Waals surface area contributed by atoms with Gasteiger partial charge in [-0.2, -0.15) is 0 Å². The molecule has 1 aromatic heterocycles. The Bertz CT molecular complexity index is 566. The van der Waals surface area contributed by atoms with E-state index in [1.165, 1.54) is 0 Å². The van der Waals surface area contributed by atoms with Gasteiger partial charge in [-0.15, -0.1) is 16.4 Å². The summed E-state index contributed by atoms with van der Waals surface area (Å²) >= 11 is 1.60. The van der Waals surface area contributed by atoms with Crippen LogP contribution in [0.3, 0.4) is 0 Å². The summed E-state index contributed by atoms with van der Waals surface area (Å²) in [5.41, 5.74) is 7.85. The van der Waals surface area contributed by atoms with Crippen molar-refractivity contribution in [2.24, 2.45) is 10.5 Å². The van der Waals surface area contributed by atoms with Crippen LogP contribution in [0.2, 0.25) is 0 Å². The summed E-state index contributed by atoms with van der Waals surface area (Å²) in [5, 5.41) is 6.38. The standard InChI is InChI=1S/C14H21N5O2S/c1-14(2,3)13(20)21-19-6-4-10(5-7-19)12-16-8-11(22-12)9-17-18-15/h8,10H,4-7,9H2,1-3H3. The van der Waals surface area contributed by atoms with Crippen molar-refractivity contribution in [3.63, 3.8) is 0 Å². The Labute approximate surface area is 133 Å². The van der Waals surface area contributed by atoms with Crippen molar-refractivity contribution < 1.29 is 9.63 Å². The van der Waals surface area contributed by atoms with Crippen molar-refractivity contribution in [3.8, 4) is 0 Å². The smallest absolute Gasteiger partial charge is 0.330 e. The number of hydroxylamine groups is 2. The first-order valence-corrected chi connectivity index (χ1v) is 8.14. The lowest BCUT2D eigenvalue weighted by Crippen LogP contribution is -2.38. The zero-order valence-electron chi connectivity index (χ0n) is 13.2. The molecule has 120 valence electrons. The van der Waals surface area contributed by atoms with Crippen LogP contribution in [0.4, 0.5) is 0 Å². The van der Waals surface area contributed by atoms with E-state index in [0.29, 0.717) is 12.5 Å². The van der Waals surface area contributed by atoms with Crippen LogP contribution in [0.15, 0.2) is 11.3 Å². The molecule has 22 heavy (non-hydrogen) atoms. The molecule has 2 rings (SSSR count). The SMILES string of the molecule is CC(C)(C)C(=O)ON1CCC(c2ncc(CN=[N+]=[N-])s2)CC1. The minimum absolute atomic E-state index is 0.197. The van der Waals surface area contributed by atoms with Gasteiger partial charge in [0.25, 0.3) is 0 Å². The van der Waals surface area contributed by atoms with E-state index >= 15 is 0 Å². The Morgan fingerprint density at radius 1 is 1.55 bits per heavy atom. The molecule has 0 unspecified atom stereocenters. The van der Waals surface area contributed by atoms with E-state index in [2.05, 4.69) is 15.0 Å². The van der Waals surface area contributed by atoms with E-state index in [4.69, 9.17) is 10.4 Å². The molecule has 0 N–H and O–H groups in total. The summed E-state index contributed by atoms with van der Waals surface area (Å²) in [7, 11) is 0. The third kappa shape index (κ3) is 4.43. The second-order valence-corrected chi connectivity index (χ2v) is 7.53. The Morgan fingerprint density at radius 2 is 2.23 bits per heavy atom.